The van der Waals surface area contributed by atoms with Crippen molar-refractivity contribution in [1.29, 1.82) is 0 Å². The molecule has 0 saturated carbocycles. The topological polar surface area (TPSA) is 49.4 Å². The average Bonchev–Trinajstić information content (AvgIpc) is 2.34. The van der Waals surface area contributed by atoms with Gasteiger partial charge in [0.15, 0.2) is 0 Å². The zero-order valence-electron chi connectivity index (χ0n) is 11.8. The number of thioether (sulfide) groups is 1. The lowest BCUT2D eigenvalue weighted by atomic mass is 10.2. The third-order valence-electron chi connectivity index (χ3n) is 2.62. The van der Waals surface area contributed by atoms with E-state index in [9.17, 15) is 9.59 Å². The molecule has 0 saturated heterocycles. The summed E-state index contributed by atoms with van der Waals surface area (Å²) in [6.07, 6.45) is 0. The maximum Gasteiger partial charge on any atom is 0.241 e. The summed E-state index contributed by atoms with van der Waals surface area (Å²) in [6.45, 7) is 4.13. The van der Waals surface area contributed by atoms with E-state index in [1.165, 1.54) is 27.8 Å². The zero-order valence-corrected chi connectivity index (χ0v) is 12.6. The predicted molar refractivity (Wildman–Crippen MR) is 78.3 cm³/mol. The summed E-state index contributed by atoms with van der Waals surface area (Å²) in [4.78, 5) is 25.5. The SMILES string of the molecule is Cc1ccc(SCC(=O)NCC(=O)N(C)C)c(C)c1. The van der Waals surface area contributed by atoms with Gasteiger partial charge in [-0.3, -0.25) is 9.59 Å². The molecular weight excluding hydrogens is 260 g/mol. The summed E-state index contributed by atoms with van der Waals surface area (Å²) >= 11 is 1.49. The second-order valence-corrected chi connectivity index (χ2v) is 5.64. The predicted octanol–water partition coefficient (Wildman–Crippen LogP) is 1.60. The molecule has 4 nitrogen and oxygen atoms in total. The number of amides is 2. The number of likely N-dealkylation sites (N-methyl/N-ethyl adjacent to an activating group) is 1. The highest BCUT2D eigenvalue weighted by molar-refractivity contribution is 8.00. The highest BCUT2D eigenvalue weighted by Gasteiger charge is 2.08. The Morgan fingerprint density at radius 1 is 1.26 bits per heavy atom. The van der Waals surface area contributed by atoms with Crippen LogP contribution in [0.15, 0.2) is 23.1 Å². The van der Waals surface area contributed by atoms with Gasteiger partial charge in [-0.15, -0.1) is 11.8 Å². The van der Waals surface area contributed by atoms with Crippen LogP contribution in [0.5, 0.6) is 0 Å². The highest BCUT2D eigenvalue weighted by Crippen LogP contribution is 2.22. The minimum Gasteiger partial charge on any atom is -0.347 e. The molecule has 0 unspecified atom stereocenters. The zero-order chi connectivity index (χ0) is 14.4. The van der Waals surface area contributed by atoms with Crippen molar-refractivity contribution in [3.05, 3.63) is 29.3 Å². The van der Waals surface area contributed by atoms with E-state index in [1.54, 1.807) is 14.1 Å². The molecule has 0 aliphatic rings. The number of nitrogens with one attached hydrogen (secondary N) is 1. The Morgan fingerprint density at radius 3 is 2.53 bits per heavy atom. The largest absolute Gasteiger partial charge is 0.347 e. The smallest absolute Gasteiger partial charge is 0.241 e. The van der Waals surface area contributed by atoms with Crippen molar-refractivity contribution < 1.29 is 9.59 Å². The van der Waals surface area contributed by atoms with Crippen LogP contribution in [-0.4, -0.2) is 43.1 Å². The Morgan fingerprint density at radius 2 is 1.95 bits per heavy atom. The van der Waals surface area contributed by atoms with Gasteiger partial charge >= 0.3 is 0 Å². The summed E-state index contributed by atoms with van der Waals surface area (Å²) in [5.41, 5.74) is 2.38. The van der Waals surface area contributed by atoms with Gasteiger partial charge in [0.2, 0.25) is 11.8 Å². The lowest BCUT2D eigenvalue weighted by molar-refractivity contribution is -0.130. The van der Waals surface area contributed by atoms with Crippen LogP contribution in [0.25, 0.3) is 0 Å². The number of benzene rings is 1. The van der Waals surface area contributed by atoms with Crippen LogP contribution >= 0.6 is 11.8 Å². The summed E-state index contributed by atoms with van der Waals surface area (Å²) < 4.78 is 0. The Balaban J connectivity index is 2.40. The van der Waals surface area contributed by atoms with Gasteiger partial charge in [0.1, 0.15) is 0 Å². The molecule has 0 aliphatic heterocycles. The fourth-order valence-electron chi connectivity index (χ4n) is 1.49. The van der Waals surface area contributed by atoms with E-state index in [2.05, 4.69) is 11.4 Å². The van der Waals surface area contributed by atoms with E-state index in [0.29, 0.717) is 5.75 Å². The van der Waals surface area contributed by atoms with Crippen LogP contribution in [0.2, 0.25) is 0 Å². The quantitative estimate of drug-likeness (QED) is 0.834. The van der Waals surface area contributed by atoms with Gasteiger partial charge in [-0.1, -0.05) is 17.7 Å². The lowest BCUT2D eigenvalue weighted by Crippen LogP contribution is -2.36. The molecule has 0 bridgehead atoms. The van der Waals surface area contributed by atoms with Crippen LogP contribution < -0.4 is 5.32 Å². The van der Waals surface area contributed by atoms with Crippen molar-refractivity contribution >= 4 is 23.6 Å². The standard InChI is InChI=1S/C14H20N2O2S/c1-10-5-6-12(11(2)7-10)19-9-13(17)15-8-14(18)16(3)4/h5-7H,8-9H2,1-4H3,(H,15,17). The van der Waals surface area contributed by atoms with E-state index in [-0.39, 0.29) is 18.4 Å². The fraction of sp³-hybridized carbons (Fsp3) is 0.429. The summed E-state index contributed by atoms with van der Waals surface area (Å²) in [6, 6.07) is 6.15. The first-order valence-electron chi connectivity index (χ1n) is 6.07. The van der Waals surface area contributed by atoms with E-state index < -0.39 is 0 Å². The molecule has 0 aliphatic carbocycles. The first-order chi connectivity index (χ1) is 8.90. The normalized spacial score (nSPS) is 10.1. The molecule has 2 amide bonds. The van der Waals surface area contributed by atoms with Gasteiger partial charge in [0.05, 0.1) is 12.3 Å². The van der Waals surface area contributed by atoms with Gasteiger partial charge in [-0.05, 0) is 25.5 Å². The molecular formula is C14H20N2O2S. The van der Waals surface area contributed by atoms with Gasteiger partial charge in [-0.25, -0.2) is 0 Å². The van der Waals surface area contributed by atoms with Crippen LogP contribution in [-0.2, 0) is 9.59 Å². The first kappa shape index (κ1) is 15.6. The molecule has 1 rings (SSSR count). The minimum atomic E-state index is -0.125. The first-order valence-corrected chi connectivity index (χ1v) is 7.05. The second-order valence-electron chi connectivity index (χ2n) is 4.62. The van der Waals surface area contributed by atoms with E-state index in [4.69, 9.17) is 0 Å². The van der Waals surface area contributed by atoms with Crippen LogP contribution in [0.1, 0.15) is 11.1 Å². The van der Waals surface area contributed by atoms with Crippen molar-refractivity contribution in [2.45, 2.75) is 18.7 Å². The van der Waals surface area contributed by atoms with E-state index in [1.807, 2.05) is 26.0 Å². The summed E-state index contributed by atoms with van der Waals surface area (Å²) in [5.74, 6) is 0.0926. The maximum atomic E-state index is 11.6. The van der Waals surface area contributed by atoms with Crippen LogP contribution in [0.3, 0.4) is 0 Å². The fourth-order valence-corrected chi connectivity index (χ4v) is 2.33. The average molecular weight is 280 g/mol. The number of nitrogens with zero attached hydrogens (tertiary/aromatic N) is 1. The Kier molecular flexibility index (Phi) is 5.89. The van der Waals surface area contributed by atoms with Gasteiger partial charge in [-0.2, -0.15) is 0 Å². The van der Waals surface area contributed by atoms with E-state index in [0.717, 1.165) is 4.90 Å². The number of aryl methyl sites for hydroxylation is 2. The van der Waals surface area contributed by atoms with Gasteiger partial charge in [0.25, 0.3) is 0 Å². The summed E-state index contributed by atoms with van der Waals surface area (Å²) in [7, 11) is 3.33. The molecule has 1 aromatic carbocycles. The highest BCUT2D eigenvalue weighted by atomic mass is 32.2. The monoisotopic (exact) mass is 280 g/mol. The second kappa shape index (κ2) is 7.19. The summed E-state index contributed by atoms with van der Waals surface area (Å²) in [5, 5.41) is 2.61. The Labute approximate surface area is 118 Å². The van der Waals surface area contributed by atoms with Crippen LogP contribution in [0, 0.1) is 13.8 Å². The van der Waals surface area contributed by atoms with Crippen molar-refractivity contribution in [2.75, 3.05) is 26.4 Å². The van der Waals surface area contributed by atoms with E-state index >= 15 is 0 Å². The van der Waals surface area contributed by atoms with Gasteiger partial charge < -0.3 is 10.2 Å². The molecule has 0 aromatic heterocycles. The molecule has 5 heteroatoms. The third kappa shape index (κ3) is 5.34. The maximum absolute atomic E-state index is 11.6. The Bertz CT molecular complexity index is 473. The molecule has 104 valence electrons. The Hall–Kier alpha value is -1.49. The third-order valence-corrected chi connectivity index (χ3v) is 3.80. The van der Waals surface area contributed by atoms with Crippen molar-refractivity contribution in [3.8, 4) is 0 Å². The number of hydrogen-bond donors (Lipinski definition) is 1. The molecule has 1 N–H and O–H groups in total. The molecule has 0 fully saturated rings. The van der Waals surface area contributed by atoms with Crippen LogP contribution in [0.4, 0.5) is 0 Å². The number of carbonyl (C=O) groups is 2. The van der Waals surface area contributed by atoms with Gasteiger partial charge in [0, 0.05) is 19.0 Å². The molecule has 0 heterocycles. The molecule has 0 radical (unpaired) electrons. The number of carbonyl (C=O) groups excluding carboxylic acids is 2. The molecule has 1 aromatic rings. The number of hydrogen-bond acceptors (Lipinski definition) is 3. The van der Waals surface area contributed by atoms with Crippen molar-refractivity contribution in [2.24, 2.45) is 0 Å². The number of rotatable bonds is 5. The lowest BCUT2D eigenvalue weighted by Gasteiger charge is -2.11. The molecule has 0 atom stereocenters. The molecule has 0 spiro atoms. The minimum absolute atomic E-state index is 0.0548. The van der Waals surface area contributed by atoms with Crippen molar-refractivity contribution in [3.63, 3.8) is 0 Å². The van der Waals surface area contributed by atoms with Crippen molar-refractivity contribution in [1.82, 2.24) is 10.2 Å². The molecule has 19 heavy (non-hydrogen) atoms.